The molecule has 1 fully saturated rings. The van der Waals surface area contributed by atoms with Gasteiger partial charge >= 0.3 is 0 Å². The van der Waals surface area contributed by atoms with Gasteiger partial charge in [-0.05, 0) is 51.9 Å². The lowest BCUT2D eigenvalue weighted by atomic mass is 9.79. The summed E-state index contributed by atoms with van der Waals surface area (Å²) in [7, 11) is 1.69. The zero-order valence-corrected chi connectivity index (χ0v) is 17.5. The quantitative estimate of drug-likeness (QED) is 0.747. The van der Waals surface area contributed by atoms with Crippen LogP contribution in [-0.4, -0.2) is 37.7 Å². The fourth-order valence-corrected chi connectivity index (χ4v) is 3.69. The highest BCUT2D eigenvalue weighted by atomic mass is 79.9. The number of likely N-dealkylation sites (tertiary alicyclic amines) is 1. The van der Waals surface area contributed by atoms with Gasteiger partial charge in [0.05, 0.1) is 18.2 Å². The number of nitrogens with zero attached hydrogens (tertiary/aromatic N) is 1. The summed E-state index contributed by atoms with van der Waals surface area (Å²) in [5.41, 5.74) is 7.62. The molecule has 4 nitrogen and oxygen atoms in total. The van der Waals surface area contributed by atoms with Crippen LogP contribution in [-0.2, 0) is 6.54 Å². The van der Waals surface area contributed by atoms with Crippen molar-refractivity contribution in [1.29, 1.82) is 0 Å². The SMILES string of the molecule is CCCOc1c(Br)cc(CN2CCC(N)C(C)(C)C2)cc1OC.Cl. The van der Waals surface area contributed by atoms with Gasteiger partial charge < -0.3 is 15.2 Å². The molecule has 138 valence electrons. The van der Waals surface area contributed by atoms with E-state index in [-0.39, 0.29) is 23.9 Å². The lowest BCUT2D eigenvalue weighted by Crippen LogP contribution is -2.52. The molecule has 24 heavy (non-hydrogen) atoms. The van der Waals surface area contributed by atoms with Crippen LogP contribution in [0.1, 0.15) is 39.2 Å². The number of hydrogen-bond acceptors (Lipinski definition) is 4. The van der Waals surface area contributed by atoms with Crippen molar-refractivity contribution in [2.24, 2.45) is 11.1 Å². The van der Waals surface area contributed by atoms with Crippen molar-refractivity contribution in [3.8, 4) is 11.5 Å². The Kier molecular flexibility index (Phi) is 8.33. The maximum absolute atomic E-state index is 6.23. The molecule has 0 bridgehead atoms. The van der Waals surface area contributed by atoms with E-state index in [0.29, 0.717) is 6.61 Å². The van der Waals surface area contributed by atoms with E-state index in [1.54, 1.807) is 7.11 Å². The third-order valence-corrected chi connectivity index (χ3v) is 5.13. The third-order valence-electron chi connectivity index (χ3n) is 4.54. The maximum Gasteiger partial charge on any atom is 0.175 e. The number of nitrogens with two attached hydrogens (primary N) is 1. The largest absolute Gasteiger partial charge is 0.493 e. The second-order valence-electron chi connectivity index (χ2n) is 7.05. The minimum atomic E-state index is 0. The Balaban J connectivity index is 0.00000288. The van der Waals surface area contributed by atoms with Gasteiger partial charge in [-0.25, -0.2) is 0 Å². The van der Waals surface area contributed by atoms with Crippen molar-refractivity contribution >= 4 is 28.3 Å². The number of rotatable bonds is 6. The topological polar surface area (TPSA) is 47.7 Å². The predicted octanol–water partition coefficient (Wildman–Crippen LogP) is 4.23. The standard InChI is InChI=1S/C18H29BrN2O2.ClH/c1-5-8-23-17-14(19)9-13(10-15(17)22-4)11-21-7-6-16(20)18(2,3)12-21;/h9-10,16H,5-8,11-12,20H2,1-4H3;1H. The minimum Gasteiger partial charge on any atom is -0.493 e. The molecule has 1 aromatic rings. The Bertz CT molecular complexity index is 540. The van der Waals surface area contributed by atoms with Crippen LogP contribution in [0.4, 0.5) is 0 Å². The normalized spacial score (nSPS) is 20.3. The summed E-state index contributed by atoms with van der Waals surface area (Å²) in [6.07, 6.45) is 2.02. The van der Waals surface area contributed by atoms with Gasteiger partial charge in [-0.15, -0.1) is 12.4 Å². The number of ether oxygens (including phenoxy) is 2. The average molecular weight is 422 g/mol. The second-order valence-corrected chi connectivity index (χ2v) is 7.91. The van der Waals surface area contributed by atoms with Crippen LogP contribution in [0.15, 0.2) is 16.6 Å². The summed E-state index contributed by atoms with van der Waals surface area (Å²) in [5, 5.41) is 0. The van der Waals surface area contributed by atoms with E-state index in [4.69, 9.17) is 15.2 Å². The summed E-state index contributed by atoms with van der Waals surface area (Å²) in [4.78, 5) is 2.47. The molecule has 0 spiro atoms. The molecule has 0 saturated carbocycles. The van der Waals surface area contributed by atoms with Crippen molar-refractivity contribution in [2.45, 2.75) is 46.2 Å². The van der Waals surface area contributed by atoms with Gasteiger partial charge in [0.15, 0.2) is 11.5 Å². The van der Waals surface area contributed by atoms with Crippen molar-refractivity contribution in [2.75, 3.05) is 26.8 Å². The fraction of sp³-hybridized carbons (Fsp3) is 0.667. The first-order valence-electron chi connectivity index (χ1n) is 8.34. The number of piperidine rings is 1. The number of halogens is 2. The first kappa shape index (κ1) is 21.6. The molecule has 1 saturated heterocycles. The Hall–Kier alpha value is -0.490. The number of benzene rings is 1. The van der Waals surface area contributed by atoms with Crippen molar-refractivity contribution in [3.63, 3.8) is 0 Å². The summed E-state index contributed by atoms with van der Waals surface area (Å²) in [6, 6.07) is 4.50. The molecule has 0 aliphatic carbocycles. The molecule has 1 aliphatic heterocycles. The van der Waals surface area contributed by atoms with Gasteiger partial charge in [-0.3, -0.25) is 4.90 Å². The Labute approximate surface area is 160 Å². The Morgan fingerprint density at radius 3 is 2.67 bits per heavy atom. The predicted molar refractivity (Wildman–Crippen MR) is 105 cm³/mol. The van der Waals surface area contributed by atoms with E-state index in [0.717, 1.165) is 48.4 Å². The molecular formula is C18H30BrClN2O2. The van der Waals surface area contributed by atoms with Crippen LogP contribution in [0.3, 0.4) is 0 Å². The smallest absolute Gasteiger partial charge is 0.175 e. The van der Waals surface area contributed by atoms with Crippen molar-refractivity contribution in [1.82, 2.24) is 4.90 Å². The van der Waals surface area contributed by atoms with E-state index in [9.17, 15) is 0 Å². The minimum absolute atomic E-state index is 0. The van der Waals surface area contributed by atoms with E-state index in [1.165, 1.54) is 5.56 Å². The highest BCUT2D eigenvalue weighted by Gasteiger charge is 2.33. The van der Waals surface area contributed by atoms with Gasteiger partial charge in [0.2, 0.25) is 0 Å². The van der Waals surface area contributed by atoms with E-state index < -0.39 is 0 Å². The lowest BCUT2D eigenvalue weighted by Gasteiger charge is -2.42. The van der Waals surface area contributed by atoms with Gasteiger partial charge in [0, 0.05) is 25.7 Å². The van der Waals surface area contributed by atoms with Crippen LogP contribution < -0.4 is 15.2 Å². The lowest BCUT2D eigenvalue weighted by molar-refractivity contribution is 0.0898. The van der Waals surface area contributed by atoms with Gasteiger partial charge in [0.25, 0.3) is 0 Å². The first-order chi connectivity index (χ1) is 10.9. The molecule has 1 unspecified atom stereocenters. The van der Waals surface area contributed by atoms with E-state index in [1.807, 2.05) is 0 Å². The molecule has 6 heteroatoms. The Morgan fingerprint density at radius 2 is 2.08 bits per heavy atom. The Morgan fingerprint density at radius 1 is 1.38 bits per heavy atom. The monoisotopic (exact) mass is 420 g/mol. The molecule has 1 heterocycles. The molecule has 2 rings (SSSR count). The van der Waals surface area contributed by atoms with Crippen LogP contribution in [0.25, 0.3) is 0 Å². The first-order valence-corrected chi connectivity index (χ1v) is 9.14. The van der Waals surface area contributed by atoms with Crippen LogP contribution in [0, 0.1) is 5.41 Å². The van der Waals surface area contributed by atoms with Gasteiger partial charge in [0.1, 0.15) is 0 Å². The molecule has 1 aromatic carbocycles. The molecule has 1 atom stereocenters. The summed E-state index contributed by atoms with van der Waals surface area (Å²) >= 11 is 3.62. The number of methoxy groups -OCH3 is 1. The molecule has 0 radical (unpaired) electrons. The third kappa shape index (κ3) is 5.25. The summed E-state index contributed by atoms with van der Waals surface area (Å²) in [5.74, 6) is 1.58. The van der Waals surface area contributed by atoms with Gasteiger partial charge in [-0.1, -0.05) is 20.8 Å². The van der Waals surface area contributed by atoms with E-state index in [2.05, 4.69) is 53.7 Å². The average Bonchev–Trinajstić information content (AvgIpc) is 2.49. The molecular weight excluding hydrogens is 392 g/mol. The summed E-state index contributed by atoms with van der Waals surface area (Å²) < 4.78 is 12.3. The summed E-state index contributed by atoms with van der Waals surface area (Å²) in [6.45, 7) is 10.2. The molecule has 2 N–H and O–H groups in total. The van der Waals surface area contributed by atoms with Crippen LogP contribution in [0.5, 0.6) is 11.5 Å². The maximum atomic E-state index is 6.23. The second kappa shape index (κ2) is 9.27. The molecule has 1 aliphatic rings. The van der Waals surface area contributed by atoms with Crippen LogP contribution in [0.2, 0.25) is 0 Å². The zero-order valence-electron chi connectivity index (χ0n) is 15.1. The fourth-order valence-electron chi connectivity index (χ4n) is 3.09. The molecule has 0 aromatic heterocycles. The zero-order chi connectivity index (χ0) is 17.0. The van der Waals surface area contributed by atoms with Gasteiger partial charge in [-0.2, -0.15) is 0 Å². The highest BCUT2D eigenvalue weighted by molar-refractivity contribution is 9.10. The van der Waals surface area contributed by atoms with Crippen molar-refractivity contribution < 1.29 is 9.47 Å². The van der Waals surface area contributed by atoms with E-state index >= 15 is 0 Å². The number of hydrogen-bond donors (Lipinski definition) is 1. The molecule has 0 amide bonds. The van der Waals surface area contributed by atoms with Crippen LogP contribution >= 0.6 is 28.3 Å². The highest BCUT2D eigenvalue weighted by Crippen LogP contribution is 2.37. The van der Waals surface area contributed by atoms with Crippen molar-refractivity contribution in [3.05, 3.63) is 22.2 Å².